The molecular formula is C76H134O6. The highest BCUT2D eigenvalue weighted by Crippen LogP contribution is 2.17. The molecule has 0 saturated carbocycles. The minimum atomic E-state index is -0.788. The van der Waals surface area contributed by atoms with E-state index in [2.05, 4.69) is 106 Å². The van der Waals surface area contributed by atoms with Gasteiger partial charge in [0.25, 0.3) is 0 Å². The van der Waals surface area contributed by atoms with E-state index in [1.807, 2.05) is 0 Å². The number of carbonyl (C=O) groups excluding carboxylic acids is 3. The van der Waals surface area contributed by atoms with Crippen LogP contribution in [0.4, 0.5) is 0 Å². The normalized spacial score (nSPS) is 12.6. The Bertz CT molecular complexity index is 1550. The Kier molecular flexibility index (Phi) is 67.2. The summed E-state index contributed by atoms with van der Waals surface area (Å²) in [5.74, 6) is -0.884. The van der Waals surface area contributed by atoms with Crippen molar-refractivity contribution in [1.29, 1.82) is 0 Å². The van der Waals surface area contributed by atoms with E-state index in [1.54, 1.807) is 0 Å². The molecule has 0 aliphatic heterocycles. The lowest BCUT2D eigenvalue weighted by atomic mass is 10.0. The fraction of sp³-hybridized carbons (Fsp3) is 0.776. The van der Waals surface area contributed by atoms with Crippen LogP contribution in [0.25, 0.3) is 0 Å². The van der Waals surface area contributed by atoms with E-state index < -0.39 is 6.10 Å². The van der Waals surface area contributed by atoms with Crippen LogP contribution in [0, 0.1) is 0 Å². The molecule has 0 aromatic rings. The second-order valence-electron chi connectivity index (χ2n) is 23.8. The van der Waals surface area contributed by atoms with E-state index in [4.69, 9.17) is 14.2 Å². The van der Waals surface area contributed by atoms with Gasteiger partial charge in [0.2, 0.25) is 0 Å². The van der Waals surface area contributed by atoms with Crippen molar-refractivity contribution in [3.05, 3.63) is 85.1 Å². The number of ether oxygens (including phenoxy) is 3. The van der Waals surface area contributed by atoms with Crippen LogP contribution in [-0.4, -0.2) is 37.2 Å². The van der Waals surface area contributed by atoms with Crippen LogP contribution in [0.15, 0.2) is 85.1 Å². The van der Waals surface area contributed by atoms with E-state index in [0.29, 0.717) is 19.3 Å². The maximum Gasteiger partial charge on any atom is 0.306 e. The van der Waals surface area contributed by atoms with Crippen molar-refractivity contribution in [1.82, 2.24) is 0 Å². The fourth-order valence-corrected chi connectivity index (χ4v) is 10.2. The molecule has 0 saturated heterocycles. The third kappa shape index (κ3) is 67.4. The van der Waals surface area contributed by atoms with E-state index in [1.165, 1.54) is 225 Å². The van der Waals surface area contributed by atoms with Crippen LogP contribution < -0.4 is 0 Å². The Morgan fingerprint density at radius 1 is 0.244 bits per heavy atom. The molecule has 0 fully saturated rings. The van der Waals surface area contributed by atoms with Gasteiger partial charge >= 0.3 is 17.9 Å². The van der Waals surface area contributed by atoms with Crippen LogP contribution in [0.1, 0.15) is 361 Å². The number of hydrogen-bond donors (Lipinski definition) is 0. The van der Waals surface area contributed by atoms with Crippen molar-refractivity contribution < 1.29 is 28.6 Å². The maximum absolute atomic E-state index is 13.0. The summed E-state index contributed by atoms with van der Waals surface area (Å²) in [6.45, 7) is 6.63. The lowest BCUT2D eigenvalue weighted by Gasteiger charge is -2.18. The molecular weight excluding hydrogens is 1010 g/mol. The van der Waals surface area contributed by atoms with Gasteiger partial charge in [0.05, 0.1) is 0 Å². The van der Waals surface area contributed by atoms with E-state index in [0.717, 1.165) is 96.3 Å². The van der Waals surface area contributed by atoms with Gasteiger partial charge in [-0.15, -0.1) is 0 Å². The molecule has 0 amide bonds. The Labute approximate surface area is 509 Å². The van der Waals surface area contributed by atoms with Crippen molar-refractivity contribution in [3.63, 3.8) is 0 Å². The highest BCUT2D eigenvalue weighted by atomic mass is 16.6. The summed E-state index contributed by atoms with van der Waals surface area (Å²) in [6.07, 6.45) is 93.1. The molecule has 82 heavy (non-hydrogen) atoms. The molecule has 0 aromatic heterocycles. The van der Waals surface area contributed by atoms with Gasteiger partial charge in [-0.2, -0.15) is 0 Å². The topological polar surface area (TPSA) is 78.9 Å². The molecule has 0 bridgehead atoms. The summed E-state index contributed by atoms with van der Waals surface area (Å²) >= 11 is 0. The quantitative estimate of drug-likeness (QED) is 0.0261. The summed E-state index contributed by atoms with van der Waals surface area (Å²) in [5, 5.41) is 0. The summed E-state index contributed by atoms with van der Waals surface area (Å²) in [4.78, 5) is 38.5. The van der Waals surface area contributed by atoms with Crippen LogP contribution in [0.2, 0.25) is 0 Å². The second-order valence-corrected chi connectivity index (χ2v) is 23.8. The smallest absolute Gasteiger partial charge is 0.306 e. The average molecular weight is 1140 g/mol. The first-order valence-electron chi connectivity index (χ1n) is 35.6. The Morgan fingerprint density at radius 2 is 0.439 bits per heavy atom. The zero-order chi connectivity index (χ0) is 59.2. The monoisotopic (exact) mass is 1140 g/mol. The van der Waals surface area contributed by atoms with Crippen molar-refractivity contribution in [2.75, 3.05) is 13.2 Å². The van der Waals surface area contributed by atoms with Crippen molar-refractivity contribution in [2.24, 2.45) is 0 Å². The van der Waals surface area contributed by atoms with E-state index >= 15 is 0 Å². The summed E-state index contributed by atoms with van der Waals surface area (Å²) in [5.41, 5.74) is 0. The zero-order valence-corrected chi connectivity index (χ0v) is 54.5. The highest BCUT2D eigenvalue weighted by Gasteiger charge is 2.19. The van der Waals surface area contributed by atoms with E-state index in [-0.39, 0.29) is 31.1 Å². The van der Waals surface area contributed by atoms with Gasteiger partial charge in [-0.3, -0.25) is 14.4 Å². The van der Waals surface area contributed by atoms with Crippen LogP contribution >= 0.6 is 0 Å². The van der Waals surface area contributed by atoms with E-state index in [9.17, 15) is 14.4 Å². The minimum absolute atomic E-state index is 0.0824. The number of unbranched alkanes of at least 4 members (excludes halogenated alkanes) is 40. The lowest BCUT2D eigenvalue weighted by Crippen LogP contribution is -2.30. The Hall–Kier alpha value is -3.41. The summed E-state index contributed by atoms with van der Waals surface area (Å²) < 4.78 is 17.0. The average Bonchev–Trinajstić information content (AvgIpc) is 3.48. The molecule has 0 N–H and O–H groups in total. The molecule has 0 spiro atoms. The second kappa shape index (κ2) is 70.1. The highest BCUT2D eigenvalue weighted by molar-refractivity contribution is 5.71. The SMILES string of the molecule is CCCCCC/C=C\C/C=C\CCCCCCCC(=O)OCC(COC(=O)CCCCCCCCCCCC/C=C\C/C=C\C/C=C\CCCCCCC)OC(=O)CCCCCCCCCCCCC/C=C\C/C=C\CCCCCCC. The molecule has 0 radical (unpaired) electrons. The van der Waals surface area contributed by atoms with Gasteiger partial charge in [-0.1, -0.05) is 305 Å². The number of allylic oxidation sites excluding steroid dienone is 14. The van der Waals surface area contributed by atoms with Gasteiger partial charge < -0.3 is 14.2 Å². The first-order valence-corrected chi connectivity index (χ1v) is 35.6. The molecule has 1 unspecified atom stereocenters. The minimum Gasteiger partial charge on any atom is -0.462 e. The zero-order valence-electron chi connectivity index (χ0n) is 54.5. The van der Waals surface area contributed by atoms with Gasteiger partial charge in [-0.25, -0.2) is 0 Å². The number of rotatable bonds is 65. The molecule has 0 aliphatic rings. The van der Waals surface area contributed by atoms with Crippen molar-refractivity contribution in [3.8, 4) is 0 Å². The summed E-state index contributed by atoms with van der Waals surface area (Å²) in [7, 11) is 0. The Morgan fingerprint density at radius 3 is 0.695 bits per heavy atom. The first kappa shape index (κ1) is 78.6. The fourth-order valence-electron chi connectivity index (χ4n) is 10.2. The predicted molar refractivity (Wildman–Crippen MR) is 358 cm³/mol. The van der Waals surface area contributed by atoms with Gasteiger partial charge in [0.1, 0.15) is 13.2 Å². The molecule has 474 valence electrons. The van der Waals surface area contributed by atoms with Gasteiger partial charge in [-0.05, 0) is 122 Å². The number of hydrogen-bond acceptors (Lipinski definition) is 6. The largest absolute Gasteiger partial charge is 0.462 e. The molecule has 0 aliphatic carbocycles. The summed E-state index contributed by atoms with van der Waals surface area (Å²) in [6, 6.07) is 0. The maximum atomic E-state index is 13.0. The molecule has 1 atom stereocenters. The molecule has 0 heterocycles. The van der Waals surface area contributed by atoms with Crippen molar-refractivity contribution in [2.45, 2.75) is 367 Å². The number of carbonyl (C=O) groups is 3. The van der Waals surface area contributed by atoms with Crippen LogP contribution in [-0.2, 0) is 28.6 Å². The van der Waals surface area contributed by atoms with Gasteiger partial charge in [0.15, 0.2) is 6.10 Å². The third-order valence-corrected chi connectivity index (χ3v) is 15.6. The Balaban J connectivity index is 4.36. The molecule has 6 heteroatoms. The molecule has 0 aromatic carbocycles. The van der Waals surface area contributed by atoms with Gasteiger partial charge in [0, 0.05) is 19.3 Å². The molecule has 6 nitrogen and oxygen atoms in total. The van der Waals surface area contributed by atoms with Crippen molar-refractivity contribution >= 4 is 17.9 Å². The first-order chi connectivity index (χ1) is 40.5. The number of esters is 3. The lowest BCUT2D eigenvalue weighted by molar-refractivity contribution is -0.167. The third-order valence-electron chi connectivity index (χ3n) is 15.6. The molecule has 0 rings (SSSR count). The standard InChI is InChI=1S/C76H134O6/c1-4-7-10-13-16-19-22-25-28-31-33-35-37-38-40-41-43-45-48-51-54-57-60-63-66-69-75(78)81-72-73(71-80-74(77)68-65-62-59-56-53-50-47-30-27-24-21-18-15-12-9-6-3)82-76(79)70-67-64-61-58-55-52-49-46-44-42-39-36-34-32-29-26-23-20-17-14-11-8-5-2/h21-26,30-34,37-38,47,73H,4-20,27-29,35-36,39-46,48-72H2,1-3H3/b24-21-,25-22-,26-23-,33-31-,34-32-,38-37-,47-30-. The predicted octanol–water partition coefficient (Wildman–Crippen LogP) is 24.6. The van der Waals surface area contributed by atoms with Crippen LogP contribution in [0.5, 0.6) is 0 Å². The van der Waals surface area contributed by atoms with Crippen LogP contribution in [0.3, 0.4) is 0 Å².